The molecular weight excluding hydrogens is 380 g/mol. The molecule has 0 aliphatic carbocycles. The average Bonchev–Trinajstić information content (AvgIpc) is 2.70. The van der Waals surface area contributed by atoms with Gasteiger partial charge in [0.1, 0.15) is 17.9 Å². The number of carbonyl (C=O) groups is 1. The van der Waals surface area contributed by atoms with E-state index in [1.165, 1.54) is 7.11 Å². The SMILES string of the molecule is COC(=O)Cc1c(C)c2cc(Cl)c(OC/C=C/c3ccccc3)cc2oc1=O. The summed E-state index contributed by atoms with van der Waals surface area (Å²) >= 11 is 6.34. The van der Waals surface area contributed by atoms with Crippen molar-refractivity contribution >= 4 is 34.6 Å². The summed E-state index contributed by atoms with van der Waals surface area (Å²) in [6, 6.07) is 13.1. The van der Waals surface area contributed by atoms with Crippen molar-refractivity contribution in [1.29, 1.82) is 0 Å². The van der Waals surface area contributed by atoms with Crippen molar-refractivity contribution in [2.24, 2.45) is 0 Å². The first-order chi connectivity index (χ1) is 13.5. The van der Waals surface area contributed by atoms with E-state index >= 15 is 0 Å². The molecule has 0 saturated carbocycles. The summed E-state index contributed by atoms with van der Waals surface area (Å²) in [5.74, 6) is -0.0962. The number of hydrogen-bond donors (Lipinski definition) is 0. The molecule has 0 bridgehead atoms. The molecule has 0 amide bonds. The van der Waals surface area contributed by atoms with Crippen LogP contribution in [-0.4, -0.2) is 19.7 Å². The van der Waals surface area contributed by atoms with E-state index in [0.29, 0.717) is 33.9 Å². The fourth-order valence-corrected chi connectivity index (χ4v) is 3.03. The van der Waals surface area contributed by atoms with Crippen molar-refractivity contribution in [2.45, 2.75) is 13.3 Å². The maximum absolute atomic E-state index is 12.3. The molecule has 0 atom stereocenters. The van der Waals surface area contributed by atoms with Crippen LogP contribution in [0.15, 0.2) is 57.8 Å². The van der Waals surface area contributed by atoms with Crippen molar-refractivity contribution in [3.05, 3.63) is 80.7 Å². The van der Waals surface area contributed by atoms with Crippen LogP contribution < -0.4 is 10.4 Å². The Morgan fingerprint density at radius 1 is 1.21 bits per heavy atom. The van der Waals surface area contributed by atoms with Crippen LogP contribution in [0, 0.1) is 6.92 Å². The summed E-state index contributed by atoms with van der Waals surface area (Å²) in [7, 11) is 1.27. The zero-order valence-electron chi connectivity index (χ0n) is 15.5. The van der Waals surface area contributed by atoms with Gasteiger partial charge in [-0.2, -0.15) is 0 Å². The van der Waals surface area contributed by atoms with Crippen LogP contribution in [0.5, 0.6) is 5.75 Å². The number of benzene rings is 2. The molecule has 28 heavy (non-hydrogen) atoms. The number of esters is 1. The lowest BCUT2D eigenvalue weighted by molar-refractivity contribution is -0.139. The van der Waals surface area contributed by atoms with Crippen LogP contribution >= 0.6 is 11.6 Å². The molecule has 1 heterocycles. The Morgan fingerprint density at radius 3 is 2.68 bits per heavy atom. The van der Waals surface area contributed by atoms with Crippen LogP contribution in [0.3, 0.4) is 0 Å². The number of fused-ring (bicyclic) bond motifs is 1. The Labute approximate surface area is 167 Å². The molecule has 5 nitrogen and oxygen atoms in total. The van der Waals surface area contributed by atoms with E-state index < -0.39 is 11.6 Å². The second kappa shape index (κ2) is 8.76. The molecule has 0 radical (unpaired) electrons. The summed E-state index contributed by atoms with van der Waals surface area (Å²) in [6.07, 6.45) is 3.66. The third-order valence-corrected chi connectivity index (χ3v) is 4.63. The van der Waals surface area contributed by atoms with Gasteiger partial charge >= 0.3 is 11.6 Å². The Hall–Kier alpha value is -3.05. The first-order valence-corrected chi connectivity index (χ1v) is 9.04. The van der Waals surface area contributed by atoms with Crippen LogP contribution in [-0.2, 0) is 16.0 Å². The summed E-state index contributed by atoms with van der Waals surface area (Å²) in [5.41, 5.74) is 1.73. The summed E-state index contributed by atoms with van der Waals surface area (Å²) in [4.78, 5) is 23.8. The fraction of sp³-hybridized carbons (Fsp3) is 0.182. The van der Waals surface area contributed by atoms with Gasteiger partial charge in [-0.1, -0.05) is 48.0 Å². The molecule has 0 N–H and O–H groups in total. The first kappa shape index (κ1) is 19.7. The van der Waals surface area contributed by atoms with E-state index in [9.17, 15) is 9.59 Å². The lowest BCUT2D eigenvalue weighted by atomic mass is 10.0. The van der Waals surface area contributed by atoms with Gasteiger partial charge < -0.3 is 13.9 Å². The van der Waals surface area contributed by atoms with Crippen LogP contribution in [0.25, 0.3) is 17.0 Å². The van der Waals surface area contributed by atoms with Crippen molar-refractivity contribution in [3.8, 4) is 5.75 Å². The summed E-state index contributed by atoms with van der Waals surface area (Å²) in [5, 5.41) is 1.04. The van der Waals surface area contributed by atoms with Crippen LogP contribution in [0.4, 0.5) is 0 Å². The molecule has 3 rings (SSSR count). The van der Waals surface area contributed by atoms with Crippen LogP contribution in [0.1, 0.15) is 16.7 Å². The highest BCUT2D eigenvalue weighted by atomic mass is 35.5. The maximum atomic E-state index is 12.3. The van der Waals surface area contributed by atoms with Gasteiger partial charge in [-0.05, 0) is 30.2 Å². The molecule has 6 heteroatoms. The van der Waals surface area contributed by atoms with E-state index in [0.717, 1.165) is 5.56 Å². The Morgan fingerprint density at radius 2 is 1.96 bits per heavy atom. The van der Waals surface area contributed by atoms with Crippen molar-refractivity contribution in [2.75, 3.05) is 13.7 Å². The molecule has 0 fully saturated rings. The highest BCUT2D eigenvalue weighted by molar-refractivity contribution is 6.32. The highest BCUT2D eigenvalue weighted by Crippen LogP contribution is 2.32. The van der Waals surface area contributed by atoms with E-state index in [1.807, 2.05) is 42.5 Å². The predicted molar refractivity (Wildman–Crippen MR) is 109 cm³/mol. The average molecular weight is 399 g/mol. The van der Waals surface area contributed by atoms with Gasteiger partial charge in [0.05, 0.1) is 24.1 Å². The lowest BCUT2D eigenvalue weighted by Crippen LogP contribution is -2.16. The Kier molecular flexibility index (Phi) is 6.16. The monoisotopic (exact) mass is 398 g/mol. The van der Waals surface area contributed by atoms with E-state index in [1.54, 1.807) is 19.1 Å². The minimum Gasteiger partial charge on any atom is -0.488 e. The largest absolute Gasteiger partial charge is 0.488 e. The van der Waals surface area contributed by atoms with Crippen molar-refractivity contribution in [1.82, 2.24) is 0 Å². The molecule has 0 aliphatic rings. The van der Waals surface area contributed by atoms with Gasteiger partial charge in [0.15, 0.2) is 0 Å². The number of hydrogen-bond acceptors (Lipinski definition) is 5. The summed E-state index contributed by atoms with van der Waals surface area (Å²) in [6.45, 7) is 2.06. The fourth-order valence-electron chi connectivity index (χ4n) is 2.81. The second-order valence-electron chi connectivity index (χ2n) is 6.15. The van der Waals surface area contributed by atoms with Gasteiger partial charge in [-0.25, -0.2) is 4.79 Å². The Balaban J connectivity index is 1.84. The minimum atomic E-state index is -0.576. The third kappa shape index (κ3) is 4.43. The molecule has 144 valence electrons. The normalized spacial score (nSPS) is 11.1. The zero-order valence-corrected chi connectivity index (χ0v) is 16.3. The predicted octanol–water partition coefficient (Wildman–Crippen LogP) is 4.56. The standard InChI is InChI=1S/C22H19ClO5/c1-14-16-11-18(23)20(27-10-6-9-15-7-4-3-5-8-15)13-19(16)28-22(25)17(14)12-21(24)26-2/h3-9,11,13H,10,12H2,1-2H3/b9-6+. The van der Waals surface area contributed by atoms with Crippen molar-refractivity contribution < 1.29 is 18.7 Å². The molecule has 2 aromatic carbocycles. The second-order valence-corrected chi connectivity index (χ2v) is 6.56. The van der Waals surface area contributed by atoms with Crippen LogP contribution in [0.2, 0.25) is 5.02 Å². The molecule has 0 unspecified atom stereocenters. The van der Waals surface area contributed by atoms with Gasteiger partial charge in [0.2, 0.25) is 0 Å². The van der Waals surface area contributed by atoms with E-state index in [4.69, 9.17) is 20.8 Å². The molecule has 0 spiro atoms. The highest BCUT2D eigenvalue weighted by Gasteiger charge is 2.17. The van der Waals surface area contributed by atoms with E-state index in [-0.39, 0.29) is 12.0 Å². The number of carbonyl (C=O) groups excluding carboxylic acids is 1. The number of methoxy groups -OCH3 is 1. The third-order valence-electron chi connectivity index (χ3n) is 4.33. The number of ether oxygens (including phenoxy) is 2. The molecular formula is C22H19ClO5. The minimum absolute atomic E-state index is 0.152. The zero-order chi connectivity index (χ0) is 20.1. The Bertz CT molecular complexity index is 1080. The topological polar surface area (TPSA) is 65.7 Å². The molecule has 3 aromatic rings. The van der Waals surface area contributed by atoms with Gasteiger partial charge in [0, 0.05) is 11.5 Å². The quantitative estimate of drug-likeness (QED) is 0.449. The smallest absolute Gasteiger partial charge is 0.340 e. The summed E-state index contributed by atoms with van der Waals surface area (Å²) < 4.78 is 15.7. The first-order valence-electron chi connectivity index (χ1n) is 8.66. The molecule has 0 saturated heterocycles. The van der Waals surface area contributed by atoms with Crippen molar-refractivity contribution in [3.63, 3.8) is 0 Å². The van der Waals surface area contributed by atoms with Gasteiger partial charge in [-0.15, -0.1) is 0 Å². The molecule has 0 aliphatic heterocycles. The van der Waals surface area contributed by atoms with Gasteiger partial charge in [0.25, 0.3) is 0 Å². The maximum Gasteiger partial charge on any atom is 0.340 e. The molecule has 1 aromatic heterocycles. The van der Waals surface area contributed by atoms with Gasteiger partial charge in [-0.3, -0.25) is 4.79 Å². The number of rotatable bonds is 6. The van der Waals surface area contributed by atoms with E-state index in [2.05, 4.69) is 4.74 Å². The lowest BCUT2D eigenvalue weighted by Gasteiger charge is -2.10. The number of aryl methyl sites for hydroxylation is 1. The number of halogens is 1.